The summed E-state index contributed by atoms with van der Waals surface area (Å²) in [7, 11) is -3.42. The molecule has 1 atom stereocenters. The van der Waals surface area contributed by atoms with Crippen molar-refractivity contribution in [1.82, 2.24) is 4.90 Å². The lowest BCUT2D eigenvalue weighted by Gasteiger charge is -2.20. The highest BCUT2D eigenvalue weighted by Gasteiger charge is 2.36. The first-order valence-corrected chi connectivity index (χ1v) is 10.7. The average Bonchev–Trinajstić information content (AvgIpc) is 3.13. The molecule has 1 aliphatic heterocycles. The molecule has 0 aromatic heterocycles. The molecular weight excluding hydrogens is 360 g/mol. The zero-order valence-electron chi connectivity index (χ0n) is 16.0. The van der Waals surface area contributed by atoms with E-state index in [0.29, 0.717) is 23.5 Å². The van der Waals surface area contributed by atoms with Crippen LogP contribution in [0, 0.1) is 0 Å². The number of benzene rings is 2. The van der Waals surface area contributed by atoms with E-state index in [9.17, 15) is 13.2 Å². The molecule has 0 aliphatic carbocycles. The van der Waals surface area contributed by atoms with Crippen LogP contribution in [-0.4, -0.2) is 37.7 Å². The number of nitrogens with zero attached hydrogens (tertiary/aromatic N) is 1. The van der Waals surface area contributed by atoms with Crippen molar-refractivity contribution in [3.05, 3.63) is 60.2 Å². The molecule has 27 heavy (non-hydrogen) atoms. The van der Waals surface area contributed by atoms with Crippen LogP contribution in [0.5, 0.6) is 0 Å². The lowest BCUT2D eigenvalue weighted by Crippen LogP contribution is -2.35. The lowest BCUT2D eigenvalue weighted by molar-refractivity contribution is 0.222. The maximum Gasteiger partial charge on any atom is 0.321 e. The quantitative estimate of drug-likeness (QED) is 0.865. The maximum atomic E-state index is 12.7. The van der Waals surface area contributed by atoms with E-state index >= 15 is 0 Å². The van der Waals surface area contributed by atoms with Gasteiger partial charge in [-0.05, 0) is 41.7 Å². The summed E-state index contributed by atoms with van der Waals surface area (Å²) in [6.45, 7) is 7.06. The average molecular weight is 387 g/mol. The van der Waals surface area contributed by atoms with Gasteiger partial charge in [-0.15, -0.1) is 0 Å². The Morgan fingerprint density at radius 1 is 1.04 bits per heavy atom. The molecule has 6 heteroatoms. The van der Waals surface area contributed by atoms with E-state index in [1.54, 1.807) is 35.2 Å². The zero-order valence-corrected chi connectivity index (χ0v) is 16.8. The summed E-state index contributed by atoms with van der Waals surface area (Å²) in [5.41, 5.74) is 1.95. The fraction of sp³-hybridized carbons (Fsp3) is 0.381. The number of carbonyl (C=O) groups is 1. The van der Waals surface area contributed by atoms with Gasteiger partial charge in [0.1, 0.15) is 0 Å². The molecule has 144 valence electrons. The molecule has 1 unspecified atom stereocenters. The number of sulfone groups is 1. The topological polar surface area (TPSA) is 66.5 Å². The Bertz CT molecular complexity index is 901. The SMILES string of the molecule is CC(C)(C)c1ccc(NC(=O)N2CCC(S(=O)(=O)c3ccccc3)C2)cc1. The van der Waals surface area contributed by atoms with Crippen LogP contribution in [0.25, 0.3) is 0 Å². The molecule has 5 nitrogen and oxygen atoms in total. The predicted octanol–water partition coefficient (Wildman–Crippen LogP) is 4.06. The fourth-order valence-electron chi connectivity index (χ4n) is 3.22. The lowest BCUT2D eigenvalue weighted by atomic mass is 9.87. The van der Waals surface area contributed by atoms with Crippen LogP contribution in [0.15, 0.2) is 59.5 Å². The van der Waals surface area contributed by atoms with Crippen molar-refractivity contribution < 1.29 is 13.2 Å². The maximum absolute atomic E-state index is 12.7. The number of hydrogen-bond donors (Lipinski definition) is 1. The molecule has 0 saturated carbocycles. The predicted molar refractivity (Wildman–Crippen MR) is 108 cm³/mol. The number of nitrogens with one attached hydrogen (secondary N) is 1. The van der Waals surface area contributed by atoms with Crippen LogP contribution < -0.4 is 5.32 Å². The largest absolute Gasteiger partial charge is 0.323 e. The molecule has 0 spiro atoms. The Morgan fingerprint density at radius 2 is 1.67 bits per heavy atom. The van der Waals surface area contributed by atoms with Crippen LogP contribution in [0.3, 0.4) is 0 Å². The molecule has 0 radical (unpaired) electrons. The minimum Gasteiger partial charge on any atom is -0.323 e. The molecule has 1 N–H and O–H groups in total. The summed E-state index contributed by atoms with van der Waals surface area (Å²) in [5, 5.41) is 2.31. The number of likely N-dealkylation sites (tertiary alicyclic amines) is 1. The van der Waals surface area contributed by atoms with E-state index in [0.717, 1.165) is 0 Å². The zero-order chi connectivity index (χ0) is 19.7. The molecular formula is C21H26N2O3S. The number of hydrogen-bond acceptors (Lipinski definition) is 3. The Balaban J connectivity index is 1.64. The van der Waals surface area contributed by atoms with Gasteiger partial charge in [-0.1, -0.05) is 51.1 Å². The molecule has 2 amide bonds. The number of anilines is 1. The van der Waals surface area contributed by atoms with Crippen molar-refractivity contribution in [3.8, 4) is 0 Å². The smallest absolute Gasteiger partial charge is 0.321 e. The highest BCUT2D eigenvalue weighted by Crippen LogP contribution is 2.26. The summed E-state index contributed by atoms with van der Waals surface area (Å²) in [6.07, 6.45) is 0.452. The first-order chi connectivity index (χ1) is 12.7. The van der Waals surface area contributed by atoms with E-state index in [-0.39, 0.29) is 18.0 Å². The van der Waals surface area contributed by atoms with Gasteiger partial charge in [0.05, 0.1) is 10.1 Å². The van der Waals surface area contributed by atoms with Gasteiger partial charge in [-0.2, -0.15) is 0 Å². The third-order valence-electron chi connectivity index (χ3n) is 4.94. The van der Waals surface area contributed by atoms with Crippen LogP contribution >= 0.6 is 0 Å². The Hall–Kier alpha value is -2.34. The fourth-order valence-corrected chi connectivity index (χ4v) is 4.94. The summed E-state index contributed by atoms with van der Waals surface area (Å²) in [5.74, 6) is 0. The second-order valence-corrected chi connectivity index (χ2v) is 10.2. The van der Waals surface area contributed by atoms with Crippen molar-refractivity contribution in [2.24, 2.45) is 0 Å². The van der Waals surface area contributed by atoms with Crippen LogP contribution in [0.2, 0.25) is 0 Å². The van der Waals surface area contributed by atoms with E-state index in [2.05, 4.69) is 26.1 Å². The molecule has 1 aliphatic rings. The van der Waals surface area contributed by atoms with Gasteiger partial charge in [0.25, 0.3) is 0 Å². The monoisotopic (exact) mass is 386 g/mol. The van der Waals surface area contributed by atoms with Crippen molar-refractivity contribution in [1.29, 1.82) is 0 Å². The first kappa shape index (κ1) is 19.4. The standard InChI is InChI=1S/C21H26N2O3S/c1-21(2,3)16-9-11-17(12-10-16)22-20(24)23-14-13-19(15-23)27(25,26)18-7-5-4-6-8-18/h4-12,19H,13-15H2,1-3H3,(H,22,24). The van der Waals surface area contributed by atoms with E-state index < -0.39 is 15.1 Å². The van der Waals surface area contributed by atoms with Gasteiger partial charge in [0.15, 0.2) is 9.84 Å². The van der Waals surface area contributed by atoms with Crippen LogP contribution in [-0.2, 0) is 15.3 Å². The molecule has 2 aromatic carbocycles. The Labute approximate surface area is 161 Å². The normalized spacial score (nSPS) is 17.7. The Kier molecular flexibility index (Phi) is 5.29. The second-order valence-electron chi connectivity index (χ2n) is 7.97. The van der Waals surface area contributed by atoms with Gasteiger partial charge in [0.2, 0.25) is 0 Å². The number of carbonyl (C=O) groups excluding carboxylic acids is 1. The summed E-state index contributed by atoms with van der Waals surface area (Å²) < 4.78 is 25.5. The minimum absolute atomic E-state index is 0.0521. The molecule has 1 heterocycles. The van der Waals surface area contributed by atoms with Gasteiger partial charge in [0, 0.05) is 18.8 Å². The number of amides is 2. The van der Waals surface area contributed by atoms with Gasteiger partial charge >= 0.3 is 6.03 Å². The van der Waals surface area contributed by atoms with Crippen LogP contribution in [0.4, 0.5) is 10.5 Å². The third-order valence-corrected chi connectivity index (χ3v) is 7.14. The highest BCUT2D eigenvalue weighted by molar-refractivity contribution is 7.92. The van der Waals surface area contributed by atoms with Crippen molar-refractivity contribution in [2.75, 3.05) is 18.4 Å². The molecule has 1 fully saturated rings. The summed E-state index contributed by atoms with van der Waals surface area (Å²) in [4.78, 5) is 14.4. The molecule has 2 aromatic rings. The van der Waals surface area contributed by atoms with E-state index in [1.807, 2.05) is 24.3 Å². The van der Waals surface area contributed by atoms with Crippen molar-refractivity contribution >= 4 is 21.6 Å². The van der Waals surface area contributed by atoms with Gasteiger partial charge in [-0.25, -0.2) is 13.2 Å². The molecule has 0 bridgehead atoms. The van der Waals surface area contributed by atoms with Gasteiger partial charge < -0.3 is 10.2 Å². The summed E-state index contributed by atoms with van der Waals surface area (Å²) in [6, 6.07) is 15.9. The second kappa shape index (κ2) is 7.35. The Morgan fingerprint density at radius 3 is 2.26 bits per heavy atom. The van der Waals surface area contributed by atoms with Gasteiger partial charge in [-0.3, -0.25) is 0 Å². The summed E-state index contributed by atoms with van der Waals surface area (Å²) >= 11 is 0. The number of urea groups is 1. The highest BCUT2D eigenvalue weighted by atomic mass is 32.2. The van der Waals surface area contributed by atoms with Crippen molar-refractivity contribution in [2.45, 2.75) is 42.8 Å². The van der Waals surface area contributed by atoms with E-state index in [1.165, 1.54) is 5.56 Å². The van der Waals surface area contributed by atoms with E-state index in [4.69, 9.17) is 0 Å². The molecule has 1 saturated heterocycles. The van der Waals surface area contributed by atoms with Crippen LogP contribution in [0.1, 0.15) is 32.8 Å². The van der Waals surface area contributed by atoms with Crippen molar-refractivity contribution in [3.63, 3.8) is 0 Å². The molecule has 3 rings (SSSR count). The minimum atomic E-state index is -3.42. The third kappa shape index (κ3) is 4.33. The first-order valence-electron chi connectivity index (χ1n) is 9.13. The number of rotatable bonds is 3.